The number of halogens is 2. The summed E-state index contributed by atoms with van der Waals surface area (Å²) in [5.41, 5.74) is -0.0611. The van der Waals surface area contributed by atoms with Crippen molar-refractivity contribution in [2.24, 2.45) is 0 Å². The fourth-order valence-electron chi connectivity index (χ4n) is 2.08. The van der Waals surface area contributed by atoms with Gasteiger partial charge in [-0.25, -0.2) is 12.8 Å². The highest BCUT2D eigenvalue weighted by atomic mass is 79.9. The van der Waals surface area contributed by atoms with Crippen LogP contribution in [0.15, 0.2) is 21.5 Å². The third kappa shape index (κ3) is 2.89. The minimum atomic E-state index is -3.97. The van der Waals surface area contributed by atoms with Gasteiger partial charge in [-0.05, 0) is 18.6 Å². The van der Waals surface area contributed by atoms with Crippen molar-refractivity contribution in [1.29, 1.82) is 0 Å². The summed E-state index contributed by atoms with van der Waals surface area (Å²) < 4.78 is 45.8. The molecular formula is C12H15BrFNO4S. The summed E-state index contributed by atoms with van der Waals surface area (Å²) in [6.07, 6.45) is 0.582. The number of aliphatic hydroxyl groups excluding tert-OH is 1. The van der Waals surface area contributed by atoms with E-state index < -0.39 is 27.3 Å². The average Bonchev–Trinajstić information content (AvgIpc) is 2.93. The van der Waals surface area contributed by atoms with E-state index >= 15 is 0 Å². The number of hydrogen-bond donors (Lipinski definition) is 1. The fourth-order valence-corrected chi connectivity index (χ4v) is 4.24. The molecule has 5 nitrogen and oxygen atoms in total. The zero-order chi connectivity index (χ0) is 14.9. The van der Waals surface area contributed by atoms with Gasteiger partial charge in [0.15, 0.2) is 0 Å². The lowest BCUT2D eigenvalue weighted by Crippen LogP contribution is -2.37. The summed E-state index contributed by atoms with van der Waals surface area (Å²) in [7, 11) is -2.56. The van der Waals surface area contributed by atoms with Crippen LogP contribution in [-0.2, 0) is 21.4 Å². The maximum Gasteiger partial charge on any atom is 0.246 e. The zero-order valence-corrected chi connectivity index (χ0v) is 13.2. The van der Waals surface area contributed by atoms with E-state index in [0.29, 0.717) is 24.1 Å². The molecule has 0 spiro atoms. The van der Waals surface area contributed by atoms with Crippen LogP contribution in [0.2, 0.25) is 0 Å². The Morgan fingerprint density at radius 1 is 1.55 bits per heavy atom. The van der Waals surface area contributed by atoms with Gasteiger partial charge in [0, 0.05) is 23.7 Å². The van der Waals surface area contributed by atoms with Crippen molar-refractivity contribution in [2.75, 3.05) is 20.3 Å². The molecule has 1 aliphatic rings. The largest absolute Gasteiger partial charge is 0.392 e. The third-order valence-corrected chi connectivity index (χ3v) is 5.69. The van der Waals surface area contributed by atoms with Crippen molar-refractivity contribution in [3.05, 3.63) is 28.0 Å². The summed E-state index contributed by atoms with van der Waals surface area (Å²) in [5.74, 6) is -0.915. The second-order valence-corrected chi connectivity index (χ2v) is 7.46. The van der Waals surface area contributed by atoms with Gasteiger partial charge in [-0.1, -0.05) is 15.9 Å². The molecule has 112 valence electrons. The van der Waals surface area contributed by atoms with Gasteiger partial charge in [0.2, 0.25) is 10.0 Å². The molecule has 1 atom stereocenters. The number of aliphatic hydroxyl groups is 1. The van der Waals surface area contributed by atoms with E-state index in [1.807, 2.05) is 0 Å². The van der Waals surface area contributed by atoms with Gasteiger partial charge in [-0.2, -0.15) is 4.31 Å². The number of hydrogen-bond acceptors (Lipinski definition) is 4. The molecule has 1 unspecified atom stereocenters. The molecule has 1 fully saturated rings. The predicted octanol–water partition coefficient (Wildman–Crippen LogP) is 1.49. The Kier molecular flexibility index (Phi) is 4.80. The third-order valence-electron chi connectivity index (χ3n) is 3.33. The Bertz CT molecular complexity index is 602. The molecule has 1 aliphatic heterocycles. The highest BCUT2D eigenvalue weighted by Crippen LogP contribution is 2.28. The first-order chi connectivity index (χ1) is 9.37. The normalized spacial score (nSPS) is 19.8. The quantitative estimate of drug-likeness (QED) is 0.875. The SMILES string of the molecule is CN(C1CCOC1)S(=O)(=O)c1cc(Br)cc(CO)c1F. The predicted molar refractivity (Wildman–Crippen MR) is 74.2 cm³/mol. The maximum absolute atomic E-state index is 14.2. The Morgan fingerprint density at radius 3 is 2.80 bits per heavy atom. The highest BCUT2D eigenvalue weighted by Gasteiger charge is 2.33. The van der Waals surface area contributed by atoms with Crippen molar-refractivity contribution in [1.82, 2.24) is 4.31 Å². The molecule has 0 amide bonds. The summed E-state index contributed by atoms with van der Waals surface area (Å²) >= 11 is 3.13. The van der Waals surface area contributed by atoms with Crippen molar-refractivity contribution >= 4 is 26.0 Å². The molecule has 0 radical (unpaired) electrons. The van der Waals surface area contributed by atoms with Crippen LogP contribution in [0.1, 0.15) is 12.0 Å². The molecule has 20 heavy (non-hydrogen) atoms. The number of sulfonamides is 1. The molecule has 1 N–H and O–H groups in total. The van der Waals surface area contributed by atoms with Crippen LogP contribution in [0.4, 0.5) is 4.39 Å². The molecule has 0 saturated carbocycles. The molecular weight excluding hydrogens is 353 g/mol. The van der Waals surface area contributed by atoms with Crippen molar-refractivity contribution in [2.45, 2.75) is 24.0 Å². The van der Waals surface area contributed by atoms with Crippen molar-refractivity contribution in [3.63, 3.8) is 0 Å². The second kappa shape index (κ2) is 6.07. The fraction of sp³-hybridized carbons (Fsp3) is 0.500. The van der Waals surface area contributed by atoms with Gasteiger partial charge >= 0.3 is 0 Å². The van der Waals surface area contributed by atoms with Gasteiger partial charge < -0.3 is 9.84 Å². The number of nitrogens with zero attached hydrogens (tertiary/aromatic N) is 1. The van der Waals surface area contributed by atoms with Crippen LogP contribution in [0.25, 0.3) is 0 Å². The summed E-state index contributed by atoms with van der Waals surface area (Å²) in [6.45, 7) is 0.232. The Hall–Kier alpha value is -0.540. The van der Waals surface area contributed by atoms with Crippen LogP contribution in [-0.4, -0.2) is 44.1 Å². The molecule has 1 heterocycles. The first-order valence-electron chi connectivity index (χ1n) is 6.02. The molecule has 0 aliphatic carbocycles. The lowest BCUT2D eigenvalue weighted by molar-refractivity contribution is 0.180. The highest BCUT2D eigenvalue weighted by molar-refractivity contribution is 9.10. The Morgan fingerprint density at radius 2 is 2.25 bits per heavy atom. The standard InChI is InChI=1S/C12H15BrFNO4S/c1-15(10-2-3-19-7-10)20(17,18)11-5-9(13)4-8(6-16)12(11)14/h4-5,10,16H,2-3,6-7H2,1H3. The Balaban J connectivity index is 2.45. The molecule has 1 saturated heterocycles. The van der Waals surface area contributed by atoms with E-state index in [9.17, 15) is 12.8 Å². The zero-order valence-electron chi connectivity index (χ0n) is 10.8. The summed E-state index contributed by atoms with van der Waals surface area (Å²) in [5, 5.41) is 9.09. The van der Waals surface area contributed by atoms with Gasteiger partial charge in [0.25, 0.3) is 0 Å². The molecule has 0 aromatic heterocycles. The minimum Gasteiger partial charge on any atom is -0.392 e. The Labute approximate surface area is 125 Å². The molecule has 8 heteroatoms. The number of rotatable bonds is 4. The van der Waals surface area contributed by atoms with Crippen molar-refractivity contribution in [3.8, 4) is 0 Å². The van der Waals surface area contributed by atoms with Gasteiger partial charge in [0.1, 0.15) is 10.7 Å². The minimum absolute atomic E-state index is 0.0611. The van der Waals surface area contributed by atoms with E-state index in [1.165, 1.54) is 19.2 Å². The maximum atomic E-state index is 14.2. The number of benzene rings is 1. The lowest BCUT2D eigenvalue weighted by atomic mass is 10.2. The molecule has 0 bridgehead atoms. The molecule has 2 rings (SSSR count). The van der Waals surface area contributed by atoms with Crippen molar-refractivity contribution < 1.29 is 22.7 Å². The van der Waals surface area contributed by atoms with Crippen LogP contribution >= 0.6 is 15.9 Å². The topological polar surface area (TPSA) is 66.8 Å². The monoisotopic (exact) mass is 367 g/mol. The van der Waals surface area contributed by atoms with Gasteiger partial charge in [-0.15, -0.1) is 0 Å². The lowest BCUT2D eigenvalue weighted by Gasteiger charge is -2.23. The van der Waals surface area contributed by atoms with E-state index in [-0.39, 0.29) is 11.6 Å². The second-order valence-electron chi connectivity index (χ2n) is 4.57. The van der Waals surface area contributed by atoms with Gasteiger partial charge in [-0.3, -0.25) is 0 Å². The number of likely N-dealkylation sites (N-methyl/N-ethyl adjacent to an activating group) is 1. The average molecular weight is 368 g/mol. The molecule has 1 aromatic carbocycles. The van der Waals surface area contributed by atoms with E-state index in [2.05, 4.69) is 15.9 Å². The van der Waals surface area contributed by atoms with E-state index in [4.69, 9.17) is 9.84 Å². The first-order valence-corrected chi connectivity index (χ1v) is 8.25. The van der Waals surface area contributed by atoms with Crippen LogP contribution in [0.3, 0.4) is 0 Å². The summed E-state index contributed by atoms with van der Waals surface area (Å²) in [4.78, 5) is -0.440. The van der Waals surface area contributed by atoms with Crippen LogP contribution < -0.4 is 0 Å². The van der Waals surface area contributed by atoms with Crippen LogP contribution in [0, 0.1) is 5.82 Å². The first kappa shape index (κ1) is 15.8. The number of ether oxygens (including phenoxy) is 1. The molecule has 1 aromatic rings. The van der Waals surface area contributed by atoms with Crippen LogP contribution in [0.5, 0.6) is 0 Å². The van der Waals surface area contributed by atoms with E-state index in [1.54, 1.807) is 0 Å². The summed E-state index contributed by atoms with van der Waals surface area (Å²) in [6, 6.07) is 2.26. The van der Waals surface area contributed by atoms with Gasteiger partial charge in [0.05, 0.1) is 19.3 Å². The van der Waals surface area contributed by atoms with E-state index in [0.717, 1.165) is 4.31 Å². The smallest absolute Gasteiger partial charge is 0.246 e.